The van der Waals surface area contributed by atoms with Crippen molar-refractivity contribution < 1.29 is 20.1 Å². The molecule has 138 valence electrons. The van der Waals surface area contributed by atoms with Crippen LogP contribution in [0.5, 0.6) is 0 Å². The number of rotatable bonds is 4. The summed E-state index contributed by atoms with van der Waals surface area (Å²) in [5, 5.41) is 29.2. The van der Waals surface area contributed by atoms with E-state index in [1.165, 1.54) is 0 Å². The molecule has 0 aromatic heterocycles. The van der Waals surface area contributed by atoms with Gasteiger partial charge in [-0.05, 0) is 24.3 Å². The minimum Gasteiger partial charge on any atom is -0.389 e. The highest BCUT2D eigenvalue weighted by Gasteiger charge is 2.34. The molecule has 0 saturated carbocycles. The fourth-order valence-electron chi connectivity index (χ4n) is 3.84. The fraction of sp³-hybridized carbons (Fsp3) is 0.632. The summed E-state index contributed by atoms with van der Waals surface area (Å²) >= 11 is 0. The first kappa shape index (κ1) is 18.3. The Hall–Kier alpha value is -1.47. The van der Waals surface area contributed by atoms with Gasteiger partial charge in [0.1, 0.15) is 6.10 Å². The SMILES string of the molecule is O=C(Cc1ccccc1)N1CCC(CN2CC(O)C(O)C(O)C2)CC1. The van der Waals surface area contributed by atoms with Gasteiger partial charge >= 0.3 is 0 Å². The molecule has 0 spiro atoms. The van der Waals surface area contributed by atoms with E-state index in [-0.39, 0.29) is 5.91 Å². The smallest absolute Gasteiger partial charge is 0.226 e. The maximum absolute atomic E-state index is 12.4. The summed E-state index contributed by atoms with van der Waals surface area (Å²) in [6.07, 6.45) is -0.507. The molecule has 2 aliphatic rings. The van der Waals surface area contributed by atoms with Crippen molar-refractivity contribution in [2.45, 2.75) is 37.6 Å². The molecule has 1 aromatic rings. The topological polar surface area (TPSA) is 84.2 Å². The normalized spacial score (nSPS) is 28.9. The van der Waals surface area contributed by atoms with Crippen LogP contribution in [-0.2, 0) is 11.2 Å². The van der Waals surface area contributed by atoms with Gasteiger partial charge in [-0.25, -0.2) is 0 Å². The number of benzene rings is 1. The molecule has 2 saturated heterocycles. The lowest BCUT2D eigenvalue weighted by atomic mass is 9.93. The van der Waals surface area contributed by atoms with Gasteiger partial charge in [0.15, 0.2) is 0 Å². The Morgan fingerprint density at radius 3 is 2.20 bits per heavy atom. The van der Waals surface area contributed by atoms with Crippen LogP contribution >= 0.6 is 0 Å². The Labute approximate surface area is 148 Å². The van der Waals surface area contributed by atoms with Gasteiger partial charge in [0.05, 0.1) is 18.6 Å². The molecule has 3 N–H and O–H groups in total. The number of hydrogen-bond acceptors (Lipinski definition) is 5. The molecular weight excluding hydrogens is 320 g/mol. The van der Waals surface area contributed by atoms with Crippen LogP contribution in [0.4, 0.5) is 0 Å². The van der Waals surface area contributed by atoms with Crippen molar-refractivity contribution in [3.8, 4) is 0 Å². The zero-order chi connectivity index (χ0) is 17.8. The maximum atomic E-state index is 12.4. The molecule has 1 amide bonds. The average molecular weight is 348 g/mol. The van der Waals surface area contributed by atoms with E-state index in [2.05, 4.69) is 0 Å². The van der Waals surface area contributed by atoms with Gasteiger partial charge in [0.25, 0.3) is 0 Å². The number of β-amino-alcohol motifs (C(OH)–C–C–N with tert-alkyl or cyclic N) is 2. The number of piperidine rings is 2. The molecule has 2 heterocycles. The van der Waals surface area contributed by atoms with Gasteiger partial charge in [-0.2, -0.15) is 0 Å². The molecule has 25 heavy (non-hydrogen) atoms. The Bertz CT molecular complexity index is 548. The molecule has 0 bridgehead atoms. The molecule has 6 heteroatoms. The largest absolute Gasteiger partial charge is 0.389 e. The molecule has 2 unspecified atom stereocenters. The number of carbonyl (C=O) groups is 1. The van der Waals surface area contributed by atoms with Crippen LogP contribution in [0.1, 0.15) is 18.4 Å². The van der Waals surface area contributed by atoms with Crippen molar-refractivity contribution >= 4 is 5.91 Å². The highest BCUT2D eigenvalue weighted by Crippen LogP contribution is 2.21. The Morgan fingerprint density at radius 2 is 1.60 bits per heavy atom. The minimum absolute atomic E-state index is 0.177. The summed E-state index contributed by atoms with van der Waals surface area (Å²) in [4.78, 5) is 16.4. The Kier molecular flexibility index (Phi) is 6.06. The summed E-state index contributed by atoms with van der Waals surface area (Å²) in [5.74, 6) is 0.631. The van der Waals surface area contributed by atoms with Crippen LogP contribution in [0, 0.1) is 5.92 Å². The number of amides is 1. The van der Waals surface area contributed by atoms with Gasteiger partial charge < -0.3 is 20.2 Å². The van der Waals surface area contributed by atoms with Crippen molar-refractivity contribution in [2.75, 3.05) is 32.7 Å². The lowest BCUT2D eigenvalue weighted by Crippen LogP contribution is -2.56. The average Bonchev–Trinajstić information content (AvgIpc) is 2.61. The lowest BCUT2D eigenvalue weighted by molar-refractivity contribution is -0.132. The van der Waals surface area contributed by atoms with E-state index < -0.39 is 18.3 Å². The number of aliphatic hydroxyl groups excluding tert-OH is 3. The van der Waals surface area contributed by atoms with E-state index in [1.807, 2.05) is 40.1 Å². The summed E-state index contributed by atoms with van der Waals surface area (Å²) < 4.78 is 0. The molecule has 0 radical (unpaired) electrons. The van der Waals surface area contributed by atoms with Crippen molar-refractivity contribution in [2.24, 2.45) is 5.92 Å². The fourth-order valence-corrected chi connectivity index (χ4v) is 3.84. The lowest BCUT2D eigenvalue weighted by Gasteiger charge is -2.40. The quantitative estimate of drug-likeness (QED) is 0.706. The van der Waals surface area contributed by atoms with Gasteiger partial charge in [-0.15, -0.1) is 0 Å². The van der Waals surface area contributed by atoms with Crippen LogP contribution in [0.2, 0.25) is 0 Å². The van der Waals surface area contributed by atoms with E-state index in [9.17, 15) is 20.1 Å². The van der Waals surface area contributed by atoms with E-state index in [0.717, 1.165) is 38.0 Å². The van der Waals surface area contributed by atoms with E-state index >= 15 is 0 Å². The van der Waals surface area contributed by atoms with Gasteiger partial charge in [-0.3, -0.25) is 9.69 Å². The van der Waals surface area contributed by atoms with Crippen molar-refractivity contribution in [1.29, 1.82) is 0 Å². The summed E-state index contributed by atoms with van der Waals surface area (Å²) in [6, 6.07) is 9.81. The first-order valence-corrected chi connectivity index (χ1v) is 9.11. The van der Waals surface area contributed by atoms with Gasteiger partial charge in [0, 0.05) is 32.7 Å². The van der Waals surface area contributed by atoms with E-state index in [0.29, 0.717) is 25.4 Å². The first-order valence-electron chi connectivity index (χ1n) is 9.11. The van der Waals surface area contributed by atoms with Crippen LogP contribution in [0.3, 0.4) is 0 Å². The van der Waals surface area contributed by atoms with Gasteiger partial charge in [-0.1, -0.05) is 30.3 Å². The predicted octanol–water partition coefficient (Wildman–Crippen LogP) is -0.134. The van der Waals surface area contributed by atoms with Crippen LogP contribution < -0.4 is 0 Å². The molecule has 2 fully saturated rings. The number of likely N-dealkylation sites (tertiary alicyclic amines) is 2. The van der Waals surface area contributed by atoms with Crippen LogP contribution in [-0.4, -0.2) is 82.1 Å². The minimum atomic E-state index is -1.05. The van der Waals surface area contributed by atoms with E-state index in [4.69, 9.17) is 0 Å². The second kappa shape index (κ2) is 8.27. The molecule has 6 nitrogen and oxygen atoms in total. The third kappa shape index (κ3) is 4.79. The second-order valence-electron chi connectivity index (χ2n) is 7.33. The van der Waals surface area contributed by atoms with Crippen molar-refractivity contribution in [3.63, 3.8) is 0 Å². The molecule has 2 atom stereocenters. The third-order valence-electron chi connectivity index (χ3n) is 5.36. The maximum Gasteiger partial charge on any atom is 0.226 e. The summed E-state index contributed by atoms with van der Waals surface area (Å²) in [5.41, 5.74) is 1.05. The zero-order valence-electron chi connectivity index (χ0n) is 14.5. The Balaban J connectivity index is 1.43. The highest BCUT2D eigenvalue weighted by molar-refractivity contribution is 5.78. The molecular formula is C19H28N2O4. The van der Waals surface area contributed by atoms with Crippen molar-refractivity contribution in [3.05, 3.63) is 35.9 Å². The predicted molar refractivity (Wildman–Crippen MR) is 93.9 cm³/mol. The molecule has 3 rings (SSSR count). The summed E-state index contributed by atoms with van der Waals surface area (Å²) in [6.45, 7) is 3.11. The number of carbonyl (C=O) groups excluding carboxylic acids is 1. The number of nitrogens with zero attached hydrogens (tertiary/aromatic N) is 2. The Morgan fingerprint density at radius 1 is 1.00 bits per heavy atom. The number of hydrogen-bond donors (Lipinski definition) is 3. The first-order chi connectivity index (χ1) is 12.0. The third-order valence-corrected chi connectivity index (χ3v) is 5.36. The molecule has 2 aliphatic heterocycles. The highest BCUT2D eigenvalue weighted by atomic mass is 16.4. The van der Waals surface area contributed by atoms with Crippen LogP contribution in [0.25, 0.3) is 0 Å². The summed E-state index contributed by atoms with van der Waals surface area (Å²) in [7, 11) is 0. The monoisotopic (exact) mass is 348 g/mol. The number of aliphatic hydroxyl groups is 3. The van der Waals surface area contributed by atoms with Gasteiger partial charge in [0.2, 0.25) is 5.91 Å². The zero-order valence-corrected chi connectivity index (χ0v) is 14.5. The van der Waals surface area contributed by atoms with Crippen molar-refractivity contribution in [1.82, 2.24) is 9.80 Å². The second-order valence-corrected chi connectivity index (χ2v) is 7.33. The standard InChI is InChI=1S/C19H28N2O4/c22-16-12-20(13-17(23)19(16)25)11-15-6-8-21(9-7-15)18(24)10-14-4-2-1-3-5-14/h1-5,15-17,19,22-23,25H,6-13H2. The van der Waals surface area contributed by atoms with Crippen LogP contribution in [0.15, 0.2) is 30.3 Å². The van der Waals surface area contributed by atoms with E-state index in [1.54, 1.807) is 0 Å². The molecule has 0 aliphatic carbocycles. The molecule has 1 aromatic carbocycles.